The molecule has 2 N–H and O–H groups in total. The molecule has 3 aromatic heterocycles. The Morgan fingerprint density at radius 1 is 1.14 bits per heavy atom. The van der Waals surface area contributed by atoms with E-state index in [2.05, 4.69) is 30.7 Å². The molecule has 0 aromatic carbocycles. The highest BCUT2D eigenvalue weighted by Gasteiger charge is 2.07. The van der Waals surface area contributed by atoms with Crippen LogP contribution in [0.1, 0.15) is 13.8 Å². The normalized spacial score (nSPS) is 11.0. The van der Waals surface area contributed by atoms with E-state index in [4.69, 9.17) is 11.6 Å². The molecule has 0 saturated heterocycles. The van der Waals surface area contributed by atoms with Crippen molar-refractivity contribution in [3.8, 4) is 0 Å². The highest BCUT2D eigenvalue weighted by atomic mass is 35.5. The lowest BCUT2D eigenvalue weighted by Gasteiger charge is -2.10. The Labute approximate surface area is 126 Å². The molecule has 3 heterocycles. The molecule has 0 spiro atoms. The average molecular weight is 304 g/mol. The van der Waals surface area contributed by atoms with E-state index < -0.39 is 0 Å². The molecular formula is C13H14ClN7. The van der Waals surface area contributed by atoms with Gasteiger partial charge in [0.1, 0.15) is 0 Å². The third kappa shape index (κ3) is 3.19. The Morgan fingerprint density at radius 3 is 2.76 bits per heavy atom. The van der Waals surface area contributed by atoms with E-state index in [9.17, 15) is 0 Å². The summed E-state index contributed by atoms with van der Waals surface area (Å²) in [6.45, 7) is 4.00. The molecule has 0 unspecified atom stereocenters. The monoisotopic (exact) mass is 303 g/mol. The summed E-state index contributed by atoms with van der Waals surface area (Å²) in [5.74, 6) is 0.833. The molecule has 0 saturated carbocycles. The summed E-state index contributed by atoms with van der Waals surface area (Å²) in [6.07, 6.45) is 3.59. The second kappa shape index (κ2) is 5.53. The van der Waals surface area contributed by atoms with Crippen LogP contribution in [-0.4, -0.2) is 30.6 Å². The maximum Gasteiger partial charge on any atom is 0.233 e. The second-order valence-corrected chi connectivity index (χ2v) is 5.13. The lowest BCUT2D eigenvalue weighted by Crippen LogP contribution is -2.14. The minimum absolute atomic E-state index is 0.140. The zero-order valence-electron chi connectivity index (χ0n) is 11.6. The molecule has 0 aliphatic rings. The van der Waals surface area contributed by atoms with Crippen LogP contribution < -0.4 is 10.6 Å². The summed E-state index contributed by atoms with van der Waals surface area (Å²) in [6, 6.07) is 5.95. The van der Waals surface area contributed by atoms with Crippen molar-refractivity contribution in [2.24, 2.45) is 0 Å². The molecule has 0 fully saturated rings. The molecule has 3 aromatic rings. The highest BCUT2D eigenvalue weighted by Crippen LogP contribution is 2.17. The summed E-state index contributed by atoms with van der Waals surface area (Å²) in [4.78, 5) is 12.4. The Kier molecular flexibility index (Phi) is 3.57. The predicted molar refractivity (Wildman–Crippen MR) is 82.1 cm³/mol. The minimum atomic E-state index is 0.140. The maximum atomic E-state index is 5.92. The predicted octanol–water partition coefficient (Wildman–Crippen LogP) is 2.74. The van der Waals surface area contributed by atoms with Crippen LogP contribution in [0.25, 0.3) is 5.52 Å². The lowest BCUT2D eigenvalue weighted by atomic mass is 10.3. The van der Waals surface area contributed by atoms with E-state index in [-0.39, 0.29) is 11.3 Å². The molecule has 8 heteroatoms. The molecule has 7 nitrogen and oxygen atoms in total. The first kappa shape index (κ1) is 13.6. The van der Waals surface area contributed by atoms with Crippen LogP contribution in [0, 0.1) is 0 Å². The van der Waals surface area contributed by atoms with Gasteiger partial charge in [0.2, 0.25) is 17.2 Å². The Morgan fingerprint density at radius 2 is 1.95 bits per heavy atom. The van der Waals surface area contributed by atoms with Crippen molar-refractivity contribution < 1.29 is 0 Å². The second-order valence-electron chi connectivity index (χ2n) is 4.79. The first-order chi connectivity index (χ1) is 10.1. The molecule has 0 amide bonds. The molecule has 0 bridgehead atoms. The lowest BCUT2D eigenvalue weighted by molar-refractivity contribution is 0.868. The molecule has 3 rings (SSSR count). The smallest absolute Gasteiger partial charge is 0.233 e. The third-order valence-corrected chi connectivity index (χ3v) is 2.85. The van der Waals surface area contributed by atoms with Crippen molar-refractivity contribution >= 4 is 34.7 Å². The van der Waals surface area contributed by atoms with Crippen LogP contribution in [0.5, 0.6) is 0 Å². The van der Waals surface area contributed by atoms with Gasteiger partial charge in [-0.1, -0.05) is 0 Å². The number of anilines is 3. The van der Waals surface area contributed by atoms with E-state index in [0.717, 1.165) is 11.2 Å². The van der Waals surface area contributed by atoms with E-state index >= 15 is 0 Å². The van der Waals surface area contributed by atoms with Crippen molar-refractivity contribution in [1.82, 2.24) is 24.6 Å². The van der Waals surface area contributed by atoms with Gasteiger partial charge < -0.3 is 10.6 Å². The minimum Gasteiger partial charge on any atom is -0.352 e. The average Bonchev–Trinajstić information content (AvgIpc) is 2.84. The first-order valence-electron chi connectivity index (χ1n) is 6.49. The SMILES string of the molecule is CC(C)Nc1nc(Cl)nc(Nc2ccn3nccc3c2)n1. The zero-order chi connectivity index (χ0) is 14.8. The van der Waals surface area contributed by atoms with Crippen molar-refractivity contribution in [3.63, 3.8) is 0 Å². The summed E-state index contributed by atoms with van der Waals surface area (Å²) >= 11 is 5.92. The molecule has 0 radical (unpaired) electrons. The summed E-state index contributed by atoms with van der Waals surface area (Å²) in [7, 11) is 0. The van der Waals surface area contributed by atoms with Gasteiger partial charge >= 0.3 is 0 Å². The molecule has 0 atom stereocenters. The number of pyridine rings is 1. The fraction of sp³-hybridized carbons (Fsp3) is 0.231. The number of nitrogens with zero attached hydrogens (tertiary/aromatic N) is 5. The van der Waals surface area contributed by atoms with Gasteiger partial charge in [-0.3, -0.25) is 0 Å². The third-order valence-electron chi connectivity index (χ3n) is 2.68. The number of halogens is 1. The van der Waals surface area contributed by atoms with Crippen molar-refractivity contribution in [1.29, 1.82) is 0 Å². The largest absolute Gasteiger partial charge is 0.352 e. The van der Waals surface area contributed by atoms with Gasteiger partial charge in [0.25, 0.3) is 0 Å². The number of nitrogens with one attached hydrogen (secondary N) is 2. The molecule has 0 aliphatic heterocycles. The van der Waals surface area contributed by atoms with E-state index in [0.29, 0.717) is 11.9 Å². The van der Waals surface area contributed by atoms with Crippen LogP contribution in [0.4, 0.5) is 17.6 Å². The van der Waals surface area contributed by atoms with Gasteiger partial charge in [-0.15, -0.1) is 0 Å². The zero-order valence-corrected chi connectivity index (χ0v) is 12.3. The van der Waals surface area contributed by atoms with Gasteiger partial charge in [-0.05, 0) is 43.6 Å². The summed E-state index contributed by atoms with van der Waals surface area (Å²) < 4.78 is 1.78. The summed E-state index contributed by atoms with van der Waals surface area (Å²) in [5, 5.41) is 10.5. The van der Waals surface area contributed by atoms with Crippen LogP contribution in [0.2, 0.25) is 5.28 Å². The van der Waals surface area contributed by atoms with Crippen LogP contribution >= 0.6 is 11.6 Å². The number of hydrogen-bond donors (Lipinski definition) is 2. The van der Waals surface area contributed by atoms with Crippen molar-refractivity contribution in [2.75, 3.05) is 10.6 Å². The van der Waals surface area contributed by atoms with Crippen LogP contribution in [0.15, 0.2) is 30.6 Å². The number of rotatable bonds is 4. The number of hydrogen-bond acceptors (Lipinski definition) is 6. The van der Waals surface area contributed by atoms with E-state index in [1.54, 1.807) is 10.7 Å². The van der Waals surface area contributed by atoms with Gasteiger partial charge in [0, 0.05) is 24.1 Å². The number of aromatic nitrogens is 5. The van der Waals surface area contributed by atoms with Crippen molar-refractivity contribution in [2.45, 2.75) is 19.9 Å². The van der Waals surface area contributed by atoms with Gasteiger partial charge in [-0.25, -0.2) is 4.52 Å². The molecule has 108 valence electrons. The fourth-order valence-corrected chi connectivity index (χ4v) is 2.02. The summed E-state index contributed by atoms with van der Waals surface area (Å²) in [5.41, 5.74) is 1.82. The van der Waals surface area contributed by atoms with Gasteiger partial charge in [0.05, 0.1) is 5.52 Å². The highest BCUT2D eigenvalue weighted by molar-refractivity contribution is 6.28. The first-order valence-corrected chi connectivity index (χ1v) is 6.86. The van der Waals surface area contributed by atoms with Gasteiger partial charge in [-0.2, -0.15) is 20.1 Å². The van der Waals surface area contributed by atoms with Crippen molar-refractivity contribution in [3.05, 3.63) is 35.9 Å². The van der Waals surface area contributed by atoms with Gasteiger partial charge in [0.15, 0.2) is 0 Å². The Balaban J connectivity index is 1.87. The molecule has 0 aliphatic carbocycles. The Bertz CT molecular complexity index is 768. The fourth-order valence-electron chi connectivity index (χ4n) is 1.86. The van der Waals surface area contributed by atoms with Crippen LogP contribution in [0.3, 0.4) is 0 Å². The Hall–Kier alpha value is -2.41. The molecule has 21 heavy (non-hydrogen) atoms. The quantitative estimate of drug-likeness (QED) is 0.771. The topological polar surface area (TPSA) is 80.0 Å². The van der Waals surface area contributed by atoms with E-state index in [1.807, 2.05) is 38.2 Å². The maximum absolute atomic E-state index is 5.92. The standard InChI is InChI=1S/C13H14ClN7/c1-8(2)16-12-18-11(14)19-13(20-12)17-9-4-6-21-10(7-9)3-5-15-21/h3-8H,1-2H3,(H2,16,17,18,19,20). The molecular weight excluding hydrogens is 290 g/mol. The number of fused-ring (bicyclic) bond motifs is 1. The van der Waals surface area contributed by atoms with Crippen LogP contribution in [-0.2, 0) is 0 Å². The van der Waals surface area contributed by atoms with E-state index in [1.165, 1.54) is 0 Å².